The van der Waals surface area contributed by atoms with Gasteiger partial charge < -0.3 is 15.2 Å². The van der Waals surface area contributed by atoms with Crippen LogP contribution in [0.1, 0.15) is 20.7 Å². The van der Waals surface area contributed by atoms with Gasteiger partial charge in [0.05, 0.1) is 0 Å². The van der Waals surface area contributed by atoms with Crippen molar-refractivity contribution >= 4 is 23.2 Å². The Morgan fingerprint density at radius 1 is 0.690 bits per heavy atom. The Labute approximate surface area is 167 Å². The summed E-state index contributed by atoms with van der Waals surface area (Å²) in [5.74, 6) is -0.460. The topological polar surface area (TPSA) is 76.0 Å². The average Bonchev–Trinajstić information content (AvgIpc) is 3.30. The fraction of sp³-hybridized carbons (Fsp3) is 0. The average molecular weight is 382 g/mol. The molecule has 0 saturated heterocycles. The van der Waals surface area contributed by atoms with E-state index in [9.17, 15) is 9.59 Å². The number of carbonyl (C=O) groups is 2. The summed E-state index contributed by atoms with van der Waals surface area (Å²) in [6.07, 6.45) is 7.02. The molecule has 6 heteroatoms. The fourth-order valence-electron chi connectivity index (χ4n) is 2.88. The van der Waals surface area contributed by atoms with Gasteiger partial charge in [0.1, 0.15) is 0 Å². The third-order valence-corrected chi connectivity index (χ3v) is 4.35. The van der Waals surface area contributed by atoms with Crippen LogP contribution in [-0.4, -0.2) is 21.4 Å². The number of benzene rings is 2. The number of hydrogen-bond donors (Lipinski definition) is 2. The van der Waals surface area contributed by atoms with Crippen LogP contribution in [0.5, 0.6) is 0 Å². The molecule has 0 atom stereocenters. The van der Waals surface area contributed by atoms with Crippen LogP contribution in [0.15, 0.2) is 97.6 Å². The first-order valence-electron chi connectivity index (χ1n) is 9.05. The summed E-state index contributed by atoms with van der Waals surface area (Å²) in [7, 11) is 0. The zero-order valence-electron chi connectivity index (χ0n) is 15.4. The number of aromatic nitrogens is 2. The second kappa shape index (κ2) is 8.22. The van der Waals surface area contributed by atoms with Crippen molar-refractivity contribution in [3.63, 3.8) is 0 Å². The number of amides is 2. The molecule has 4 rings (SSSR count). The van der Waals surface area contributed by atoms with Crippen molar-refractivity contribution in [3.05, 3.63) is 109 Å². The Bertz CT molecular complexity index is 1120. The third kappa shape index (κ3) is 4.39. The number of hydrogen-bond acceptors (Lipinski definition) is 3. The van der Waals surface area contributed by atoms with Gasteiger partial charge in [0.2, 0.25) is 0 Å². The van der Waals surface area contributed by atoms with Gasteiger partial charge in [-0.2, -0.15) is 0 Å². The van der Waals surface area contributed by atoms with E-state index < -0.39 is 0 Å². The first kappa shape index (κ1) is 18.2. The molecule has 0 unspecified atom stereocenters. The highest BCUT2D eigenvalue weighted by Crippen LogP contribution is 2.18. The molecular weight excluding hydrogens is 364 g/mol. The molecule has 0 bridgehead atoms. The first-order valence-corrected chi connectivity index (χ1v) is 9.05. The van der Waals surface area contributed by atoms with Crippen molar-refractivity contribution in [1.29, 1.82) is 0 Å². The Kier molecular flexibility index (Phi) is 5.16. The molecule has 0 fully saturated rings. The van der Waals surface area contributed by atoms with E-state index in [4.69, 9.17) is 0 Å². The molecule has 2 heterocycles. The Morgan fingerprint density at radius 3 is 1.83 bits per heavy atom. The Morgan fingerprint density at radius 2 is 1.24 bits per heavy atom. The number of carbonyl (C=O) groups excluding carboxylic acids is 2. The molecule has 0 spiro atoms. The molecule has 2 aromatic heterocycles. The van der Waals surface area contributed by atoms with Crippen LogP contribution in [-0.2, 0) is 0 Å². The third-order valence-electron chi connectivity index (χ3n) is 4.35. The normalized spacial score (nSPS) is 10.3. The smallest absolute Gasteiger partial charge is 0.255 e. The van der Waals surface area contributed by atoms with Gasteiger partial charge in [-0.3, -0.25) is 14.6 Å². The minimum atomic E-state index is -0.239. The number of rotatable bonds is 5. The van der Waals surface area contributed by atoms with Gasteiger partial charge in [0.25, 0.3) is 11.8 Å². The van der Waals surface area contributed by atoms with Crippen molar-refractivity contribution < 1.29 is 9.59 Å². The van der Waals surface area contributed by atoms with Gasteiger partial charge in [-0.25, -0.2) is 0 Å². The highest BCUT2D eigenvalue weighted by atomic mass is 16.2. The van der Waals surface area contributed by atoms with E-state index in [1.54, 1.807) is 60.9 Å². The van der Waals surface area contributed by atoms with Gasteiger partial charge >= 0.3 is 0 Å². The van der Waals surface area contributed by atoms with Crippen LogP contribution >= 0.6 is 0 Å². The summed E-state index contributed by atoms with van der Waals surface area (Å²) >= 11 is 0. The molecule has 0 aliphatic heterocycles. The maximum atomic E-state index is 12.6. The van der Waals surface area contributed by atoms with Crippen LogP contribution in [0.3, 0.4) is 0 Å². The maximum Gasteiger partial charge on any atom is 0.255 e. The Hall–Kier alpha value is -4.19. The predicted molar refractivity (Wildman–Crippen MR) is 112 cm³/mol. The van der Waals surface area contributed by atoms with E-state index >= 15 is 0 Å². The molecular formula is C23H18N4O2. The van der Waals surface area contributed by atoms with E-state index in [0.717, 1.165) is 5.69 Å². The SMILES string of the molecule is O=C(Nc1cccc(NC(=O)c2ccc(-n3cccc3)cc2)c1)c1ccncc1. The molecule has 2 aromatic carbocycles. The van der Waals surface area contributed by atoms with E-state index in [1.807, 2.05) is 41.2 Å². The minimum absolute atomic E-state index is 0.221. The van der Waals surface area contributed by atoms with Crippen molar-refractivity contribution in [2.75, 3.05) is 10.6 Å². The molecule has 6 nitrogen and oxygen atoms in total. The van der Waals surface area contributed by atoms with Crippen molar-refractivity contribution in [1.82, 2.24) is 9.55 Å². The highest BCUT2D eigenvalue weighted by Gasteiger charge is 2.09. The lowest BCUT2D eigenvalue weighted by Gasteiger charge is -2.10. The Balaban J connectivity index is 1.43. The standard InChI is InChI=1S/C23H18N4O2/c28-22(17-6-8-21(9-7-17)27-14-1-2-15-27)25-19-4-3-5-20(16-19)26-23(29)18-10-12-24-13-11-18/h1-16H,(H,25,28)(H,26,29). The first-order chi connectivity index (χ1) is 14.2. The lowest BCUT2D eigenvalue weighted by molar-refractivity contribution is 0.101. The van der Waals surface area contributed by atoms with Crippen molar-refractivity contribution in [3.8, 4) is 5.69 Å². The summed E-state index contributed by atoms with van der Waals surface area (Å²) in [6.45, 7) is 0. The molecule has 0 saturated carbocycles. The highest BCUT2D eigenvalue weighted by molar-refractivity contribution is 6.06. The van der Waals surface area contributed by atoms with E-state index in [2.05, 4.69) is 15.6 Å². The number of pyridine rings is 1. The predicted octanol–water partition coefficient (Wildman–Crippen LogP) is 4.38. The van der Waals surface area contributed by atoms with E-state index in [0.29, 0.717) is 22.5 Å². The molecule has 29 heavy (non-hydrogen) atoms. The van der Waals surface area contributed by atoms with Crippen LogP contribution in [0.2, 0.25) is 0 Å². The molecule has 0 radical (unpaired) electrons. The van der Waals surface area contributed by atoms with Gasteiger partial charge in [0, 0.05) is 53.0 Å². The maximum absolute atomic E-state index is 12.6. The van der Waals surface area contributed by atoms with Crippen molar-refractivity contribution in [2.24, 2.45) is 0 Å². The molecule has 142 valence electrons. The zero-order chi connectivity index (χ0) is 20.1. The number of nitrogens with one attached hydrogen (secondary N) is 2. The second-order valence-corrected chi connectivity index (χ2v) is 6.36. The summed E-state index contributed by atoms with van der Waals surface area (Å²) in [5.41, 5.74) is 3.22. The van der Waals surface area contributed by atoms with E-state index in [-0.39, 0.29) is 11.8 Å². The monoisotopic (exact) mass is 382 g/mol. The van der Waals surface area contributed by atoms with E-state index in [1.165, 1.54) is 0 Å². The number of nitrogens with zero attached hydrogens (tertiary/aromatic N) is 2. The summed E-state index contributed by atoms with van der Waals surface area (Å²) < 4.78 is 1.97. The van der Waals surface area contributed by atoms with Crippen LogP contribution in [0.4, 0.5) is 11.4 Å². The minimum Gasteiger partial charge on any atom is -0.324 e. The largest absolute Gasteiger partial charge is 0.324 e. The van der Waals surface area contributed by atoms with Crippen LogP contribution < -0.4 is 10.6 Å². The zero-order valence-corrected chi connectivity index (χ0v) is 15.4. The van der Waals surface area contributed by atoms with Crippen LogP contribution in [0.25, 0.3) is 5.69 Å². The van der Waals surface area contributed by atoms with Crippen molar-refractivity contribution in [2.45, 2.75) is 0 Å². The van der Waals surface area contributed by atoms with Crippen LogP contribution in [0, 0.1) is 0 Å². The summed E-state index contributed by atoms with van der Waals surface area (Å²) in [4.78, 5) is 28.7. The molecule has 4 aromatic rings. The van der Waals surface area contributed by atoms with Gasteiger partial charge in [0.15, 0.2) is 0 Å². The lowest BCUT2D eigenvalue weighted by atomic mass is 10.2. The molecule has 0 aliphatic carbocycles. The molecule has 0 aliphatic rings. The van der Waals surface area contributed by atoms with Gasteiger partial charge in [-0.05, 0) is 66.7 Å². The lowest BCUT2D eigenvalue weighted by Crippen LogP contribution is -2.14. The molecule has 2 amide bonds. The summed E-state index contributed by atoms with van der Waals surface area (Å²) in [6, 6.07) is 21.5. The fourth-order valence-corrected chi connectivity index (χ4v) is 2.88. The molecule has 2 N–H and O–H groups in total. The van der Waals surface area contributed by atoms with Gasteiger partial charge in [-0.1, -0.05) is 6.07 Å². The number of anilines is 2. The summed E-state index contributed by atoms with van der Waals surface area (Å²) in [5, 5.41) is 5.67. The van der Waals surface area contributed by atoms with Gasteiger partial charge in [-0.15, -0.1) is 0 Å². The quantitative estimate of drug-likeness (QED) is 0.538. The second-order valence-electron chi connectivity index (χ2n) is 6.36.